The first-order valence-electron chi connectivity index (χ1n) is 18.3. The molecule has 0 amide bonds. The molecule has 0 saturated carbocycles. The second-order valence-corrected chi connectivity index (χ2v) is 13.0. The van der Waals surface area contributed by atoms with Crippen molar-refractivity contribution in [3.05, 3.63) is 20.4 Å². The van der Waals surface area contributed by atoms with Crippen LogP contribution >= 0.6 is 0 Å². The van der Waals surface area contributed by atoms with Crippen LogP contribution in [-0.2, 0) is 14.3 Å². The standard InChI is InChI=1S/C36H66N4O6/c1-4-5-6-7-8-15-20-30-46-32(43)23-17-12-10-14-19-27-40(26-18-13-9-11-16-22-31(41)42)28-21-24-37-33-34(36(45)35(33)44)38-25-29-39(2)3/h37-38H,4-30H2,1-3H3,(H,41,42). The number of likely N-dealkylation sites (N-methyl/N-ethyl adjacent to an activating group) is 1. The van der Waals surface area contributed by atoms with Crippen LogP contribution in [0, 0.1) is 0 Å². The summed E-state index contributed by atoms with van der Waals surface area (Å²) in [5, 5.41) is 15.1. The quantitative estimate of drug-likeness (QED) is 0.0445. The summed E-state index contributed by atoms with van der Waals surface area (Å²) in [5.74, 6) is -0.785. The number of unbranched alkanes of at least 4 members (excludes halogenated alkanes) is 14. The van der Waals surface area contributed by atoms with Gasteiger partial charge in [0.25, 0.3) is 10.9 Å². The maximum Gasteiger partial charge on any atom is 0.305 e. The molecule has 266 valence electrons. The highest BCUT2D eigenvalue weighted by Crippen LogP contribution is 2.15. The molecule has 10 heteroatoms. The lowest BCUT2D eigenvalue weighted by molar-refractivity contribution is -0.144. The molecule has 0 aliphatic rings. The third-order valence-electron chi connectivity index (χ3n) is 8.46. The topological polar surface area (TPSA) is 128 Å². The van der Waals surface area contributed by atoms with Gasteiger partial charge in [0.05, 0.1) is 6.61 Å². The van der Waals surface area contributed by atoms with Gasteiger partial charge in [-0.1, -0.05) is 84.0 Å². The number of carboxylic acid groups (broad SMARTS) is 1. The molecule has 1 aromatic carbocycles. The second kappa shape index (κ2) is 27.6. The molecule has 1 rings (SSSR count). The van der Waals surface area contributed by atoms with Crippen LogP contribution in [0.5, 0.6) is 0 Å². The Morgan fingerprint density at radius 2 is 1.09 bits per heavy atom. The van der Waals surface area contributed by atoms with Crippen LogP contribution in [0.2, 0.25) is 0 Å². The normalized spacial score (nSPS) is 11.5. The summed E-state index contributed by atoms with van der Waals surface area (Å²) in [4.78, 5) is 51.3. The van der Waals surface area contributed by atoms with E-state index in [-0.39, 0.29) is 12.4 Å². The number of ether oxygens (including phenoxy) is 1. The Bertz CT molecular complexity index is 992. The third kappa shape index (κ3) is 21.4. The molecular weight excluding hydrogens is 584 g/mol. The highest BCUT2D eigenvalue weighted by atomic mass is 16.5. The van der Waals surface area contributed by atoms with Gasteiger partial charge in [0.1, 0.15) is 11.4 Å². The van der Waals surface area contributed by atoms with Crippen molar-refractivity contribution in [2.24, 2.45) is 0 Å². The first kappa shape index (κ1) is 41.6. The maximum absolute atomic E-state index is 12.1. The van der Waals surface area contributed by atoms with Crippen molar-refractivity contribution >= 4 is 23.3 Å². The highest BCUT2D eigenvalue weighted by Gasteiger charge is 2.20. The highest BCUT2D eigenvalue weighted by molar-refractivity contribution is 5.73. The van der Waals surface area contributed by atoms with Crippen LogP contribution in [-0.4, -0.2) is 86.8 Å². The number of carbonyl (C=O) groups is 2. The van der Waals surface area contributed by atoms with Gasteiger partial charge in [0.15, 0.2) is 0 Å². The van der Waals surface area contributed by atoms with Crippen molar-refractivity contribution in [3.8, 4) is 0 Å². The minimum Gasteiger partial charge on any atom is -0.481 e. The lowest BCUT2D eigenvalue weighted by Crippen LogP contribution is -2.39. The van der Waals surface area contributed by atoms with E-state index in [1.165, 1.54) is 32.1 Å². The van der Waals surface area contributed by atoms with Crippen LogP contribution in [0.15, 0.2) is 9.59 Å². The molecule has 0 spiro atoms. The molecule has 0 heterocycles. The third-order valence-corrected chi connectivity index (χ3v) is 8.46. The van der Waals surface area contributed by atoms with Crippen LogP contribution in [0.25, 0.3) is 0 Å². The maximum atomic E-state index is 12.1. The van der Waals surface area contributed by atoms with Crippen LogP contribution < -0.4 is 21.5 Å². The zero-order valence-electron chi connectivity index (χ0n) is 29.5. The fraction of sp³-hybridized carbons (Fsp3) is 0.833. The molecule has 1 aromatic rings. The molecule has 0 aliphatic carbocycles. The molecule has 10 nitrogen and oxygen atoms in total. The van der Waals surface area contributed by atoms with Crippen molar-refractivity contribution in [2.75, 3.05) is 70.6 Å². The molecule has 0 radical (unpaired) electrons. The molecule has 0 unspecified atom stereocenters. The van der Waals surface area contributed by atoms with E-state index < -0.39 is 16.8 Å². The number of nitrogens with zero attached hydrogens (tertiary/aromatic N) is 2. The van der Waals surface area contributed by atoms with Crippen molar-refractivity contribution < 1.29 is 19.4 Å². The van der Waals surface area contributed by atoms with E-state index in [0.29, 0.717) is 37.5 Å². The van der Waals surface area contributed by atoms with Crippen LogP contribution in [0.4, 0.5) is 11.4 Å². The monoisotopic (exact) mass is 650 g/mol. The van der Waals surface area contributed by atoms with Gasteiger partial charge < -0.3 is 30.3 Å². The molecule has 0 aromatic heterocycles. The van der Waals surface area contributed by atoms with Crippen molar-refractivity contribution in [3.63, 3.8) is 0 Å². The van der Waals surface area contributed by atoms with E-state index in [1.54, 1.807) is 0 Å². The summed E-state index contributed by atoms with van der Waals surface area (Å²) in [5.41, 5.74) is -0.0495. The van der Waals surface area contributed by atoms with Gasteiger partial charge in [0, 0.05) is 32.5 Å². The molecule has 0 fully saturated rings. The zero-order chi connectivity index (χ0) is 33.8. The van der Waals surface area contributed by atoms with Gasteiger partial charge in [-0.05, 0) is 72.3 Å². The summed E-state index contributed by atoms with van der Waals surface area (Å²) in [6, 6.07) is 0. The van der Waals surface area contributed by atoms with E-state index in [4.69, 9.17) is 9.84 Å². The number of carboxylic acids is 1. The molecule has 46 heavy (non-hydrogen) atoms. The number of esters is 1. The Morgan fingerprint density at radius 1 is 0.609 bits per heavy atom. The summed E-state index contributed by atoms with van der Waals surface area (Å²) in [6.07, 6.45) is 20.3. The van der Waals surface area contributed by atoms with Gasteiger partial charge in [-0.3, -0.25) is 19.2 Å². The van der Waals surface area contributed by atoms with Gasteiger partial charge in [-0.2, -0.15) is 0 Å². The summed E-state index contributed by atoms with van der Waals surface area (Å²) in [7, 11) is 3.93. The summed E-state index contributed by atoms with van der Waals surface area (Å²) >= 11 is 0. The van der Waals surface area contributed by atoms with E-state index in [0.717, 1.165) is 110 Å². The Balaban J connectivity index is 2.28. The van der Waals surface area contributed by atoms with Gasteiger partial charge in [-0.25, -0.2) is 0 Å². The van der Waals surface area contributed by atoms with Gasteiger partial charge >= 0.3 is 11.9 Å². The number of hydrogen-bond donors (Lipinski definition) is 3. The Labute approximate surface area is 278 Å². The first-order chi connectivity index (χ1) is 22.3. The number of nitrogens with one attached hydrogen (secondary N) is 2. The molecule has 3 N–H and O–H groups in total. The predicted octanol–water partition coefficient (Wildman–Crippen LogP) is 6.42. The van der Waals surface area contributed by atoms with Gasteiger partial charge in [-0.15, -0.1) is 0 Å². The molecule has 0 atom stereocenters. The number of hydrogen-bond acceptors (Lipinski definition) is 9. The minimum atomic E-state index is -0.723. The number of aliphatic carboxylic acids is 1. The fourth-order valence-electron chi connectivity index (χ4n) is 5.58. The average molecular weight is 651 g/mol. The molecule has 0 aliphatic heterocycles. The van der Waals surface area contributed by atoms with E-state index in [1.807, 2.05) is 19.0 Å². The Hall–Kier alpha value is -2.46. The zero-order valence-corrected chi connectivity index (χ0v) is 29.5. The number of rotatable bonds is 33. The first-order valence-corrected chi connectivity index (χ1v) is 18.3. The summed E-state index contributed by atoms with van der Waals surface area (Å²) < 4.78 is 5.40. The van der Waals surface area contributed by atoms with E-state index in [9.17, 15) is 19.2 Å². The Kier molecular flexibility index (Phi) is 25.0. The lowest BCUT2D eigenvalue weighted by atomic mass is 10.1. The van der Waals surface area contributed by atoms with E-state index in [2.05, 4.69) is 22.5 Å². The van der Waals surface area contributed by atoms with Gasteiger partial charge in [0.2, 0.25) is 0 Å². The second-order valence-electron chi connectivity index (χ2n) is 13.0. The van der Waals surface area contributed by atoms with E-state index >= 15 is 0 Å². The number of carbonyl (C=O) groups excluding carboxylic acids is 1. The predicted molar refractivity (Wildman–Crippen MR) is 190 cm³/mol. The van der Waals surface area contributed by atoms with Crippen LogP contribution in [0.1, 0.15) is 135 Å². The lowest BCUT2D eigenvalue weighted by Gasteiger charge is -2.23. The number of anilines is 2. The SMILES string of the molecule is CCCCCCCCCOC(=O)CCCCCCCN(CCCCCCCC(=O)O)CCCNc1c(NCCN(C)C)c(=O)c1=O. The largest absolute Gasteiger partial charge is 0.481 e. The van der Waals surface area contributed by atoms with Crippen molar-refractivity contribution in [1.82, 2.24) is 9.80 Å². The smallest absolute Gasteiger partial charge is 0.305 e. The molecule has 0 bridgehead atoms. The minimum absolute atomic E-state index is 0.0612. The summed E-state index contributed by atoms with van der Waals surface area (Å²) in [6.45, 7) is 7.73. The fourth-order valence-corrected chi connectivity index (χ4v) is 5.58. The van der Waals surface area contributed by atoms with Crippen molar-refractivity contribution in [2.45, 2.75) is 135 Å². The molecule has 0 saturated heterocycles. The Morgan fingerprint density at radius 3 is 1.65 bits per heavy atom. The molecular formula is C36H66N4O6. The average Bonchev–Trinajstić information content (AvgIpc) is 3.02. The van der Waals surface area contributed by atoms with Crippen LogP contribution in [0.3, 0.4) is 0 Å². The van der Waals surface area contributed by atoms with Crippen molar-refractivity contribution in [1.29, 1.82) is 0 Å².